The second-order valence-corrected chi connectivity index (χ2v) is 5.50. The highest BCUT2D eigenvalue weighted by molar-refractivity contribution is 9.09. The molecule has 1 atom stereocenters. The Labute approximate surface area is 112 Å². The first-order valence-electron chi connectivity index (χ1n) is 5.89. The normalized spacial score (nSPS) is 12.6. The SMILES string of the molecule is Cc1cc(C)cc(C(=O)NC(CBr)C(C)C)c1. The van der Waals surface area contributed by atoms with Crippen LogP contribution in [-0.2, 0) is 0 Å². The molecule has 1 amide bonds. The summed E-state index contributed by atoms with van der Waals surface area (Å²) in [5, 5.41) is 3.83. The lowest BCUT2D eigenvalue weighted by molar-refractivity contribution is 0.0931. The third-order valence-electron chi connectivity index (χ3n) is 2.77. The van der Waals surface area contributed by atoms with Crippen LogP contribution in [0.4, 0.5) is 0 Å². The Morgan fingerprint density at radius 3 is 2.18 bits per heavy atom. The standard InChI is InChI=1S/C14H20BrNO/c1-9(2)13(8-15)16-14(17)12-6-10(3)5-11(4)7-12/h5-7,9,13H,8H2,1-4H3,(H,16,17). The Hall–Kier alpha value is -0.830. The molecule has 0 radical (unpaired) electrons. The van der Waals surface area contributed by atoms with Crippen molar-refractivity contribution in [1.29, 1.82) is 0 Å². The lowest BCUT2D eigenvalue weighted by Gasteiger charge is -2.20. The molecule has 0 bridgehead atoms. The molecular formula is C14H20BrNO. The summed E-state index contributed by atoms with van der Waals surface area (Å²) in [6, 6.07) is 6.09. The molecule has 0 fully saturated rings. The third kappa shape index (κ3) is 4.15. The highest BCUT2D eigenvalue weighted by atomic mass is 79.9. The van der Waals surface area contributed by atoms with Gasteiger partial charge in [-0.05, 0) is 31.9 Å². The molecule has 17 heavy (non-hydrogen) atoms. The zero-order valence-corrected chi connectivity index (χ0v) is 12.5. The van der Waals surface area contributed by atoms with Gasteiger partial charge >= 0.3 is 0 Å². The van der Waals surface area contributed by atoms with Gasteiger partial charge in [-0.25, -0.2) is 0 Å². The molecule has 1 aromatic rings. The molecule has 1 rings (SSSR count). The van der Waals surface area contributed by atoms with Gasteiger partial charge in [0, 0.05) is 16.9 Å². The van der Waals surface area contributed by atoms with E-state index < -0.39 is 0 Å². The fraction of sp³-hybridized carbons (Fsp3) is 0.500. The maximum Gasteiger partial charge on any atom is 0.251 e. The minimum atomic E-state index is 0.00921. The van der Waals surface area contributed by atoms with Gasteiger partial charge in [-0.15, -0.1) is 0 Å². The molecule has 0 aliphatic rings. The van der Waals surface area contributed by atoms with E-state index in [0.29, 0.717) is 5.92 Å². The Bertz CT molecular complexity index is 381. The van der Waals surface area contributed by atoms with Crippen LogP contribution in [0.25, 0.3) is 0 Å². The van der Waals surface area contributed by atoms with E-state index in [0.717, 1.165) is 22.0 Å². The summed E-state index contributed by atoms with van der Waals surface area (Å²) in [6.45, 7) is 8.23. The van der Waals surface area contributed by atoms with E-state index in [4.69, 9.17) is 0 Å². The predicted octanol–water partition coefficient (Wildman–Crippen LogP) is 3.45. The summed E-state index contributed by atoms with van der Waals surface area (Å²) < 4.78 is 0. The summed E-state index contributed by atoms with van der Waals surface area (Å²) >= 11 is 3.43. The lowest BCUT2D eigenvalue weighted by atomic mass is 10.0. The maximum absolute atomic E-state index is 12.1. The van der Waals surface area contributed by atoms with Crippen LogP contribution < -0.4 is 5.32 Å². The molecule has 1 aromatic carbocycles. The fourth-order valence-electron chi connectivity index (χ4n) is 1.74. The molecule has 1 N–H and O–H groups in total. The Kier molecular flexibility index (Phi) is 5.19. The fourth-order valence-corrected chi connectivity index (χ4v) is 2.65. The van der Waals surface area contributed by atoms with Gasteiger partial charge in [-0.3, -0.25) is 4.79 Å². The Balaban J connectivity index is 2.82. The second-order valence-electron chi connectivity index (χ2n) is 4.85. The molecule has 1 unspecified atom stereocenters. The predicted molar refractivity (Wildman–Crippen MR) is 75.8 cm³/mol. The van der Waals surface area contributed by atoms with Crippen LogP contribution in [0.5, 0.6) is 0 Å². The van der Waals surface area contributed by atoms with E-state index in [2.05, 4.69) is 41.2 Å². The van der Waals surface area contributed by atoms with E-state index in [1.54, 1.807) is 0 Å². The highest BCUT2D eigenvalue weighted by Gasteiger charge is 2.16. The quantitative estimate of drug-likeness (QED) is 0.848. The highest BCUT2D eigenvalue weighted by Crippen LogP contribution is 2.11. The largest absolute Gasteiger partial charge is 0.348 e. The smallest absolute Gasteiger partial charge is 0.251 e. The molecule has 94 valence electrons. The van der Waals surface area contributed by atoms with Crippen molar-refractivity contribution >= 4 is 21.8 Å². The zero-order chi connectivity index (χ0) is 13.0. The maximum atomic E-state index is 12.1. The number of carbonyl (C=O) groups is 1. The summed E-state index contributed by atoms with van der Waals surface area (Å²) in [6.07, 6.45) is 0. The van der Waals surface area contributed by atoms with Crippen LogP contribution in [0.3, 0.4) is 0 Å². The lowest BCUT2D eigenvalue weighted by Crippen LogP contribution is -2.39. The number of alkyl halides is 1. The van der Waals surface area contributed by atoms with Crippen molar-refractivity contribution in [2.75, 3.05) is 5.33 Å². The van der Waals surface area contributed by atoms with Gasteiger partial charge in [0.1, 0.15) is 0 Å². The van der Waals surface area contributed by atoms with E-state index in [9.17, 15) is 4.79 Å². The number of benzene rings is 1. The number of nitrogens with one attached hydrogen (secondary N) is 1. The average molecular weight is 298 g/mol. The van der Waals surface area contributed by atoms with Crippen molar-refractivity contribution in [1.82, 2.24) is 5.32 Å². The van der Waals surface area contributed by atoms with Gasteiger partial charge in [0.2, 0.25) is 0 Å². The number of halogens is 1. The first-order chi connectivity index (χ1) is 7.93. The van der Waals surface area contributed by atoms with E-state index in [1.807, 2.05) is 26.0 Å². The number of rotatable bonds is 4. The van der Waals surface area contributed by atoms with Gasteiger partial charge in [-0.2, -0.15) is 0 Å². The molecular weight excluding hydrogens is 278 g/mol. The van der Waals surface area contributed by atoms with Gasteiger partial charge in [0.25, 0.3) is 5.91 Å². The van der Waals surface area contributed by atoms with Crippen molar-refractivity contribution in [2.45, 2.75) is 33.7 Å². The number of aryl methyl sites for hydroxylation is 2. The molecule has 2 nitrogen and oxygen atoms in total. The van der Waals surface area contributed by atoms with Gasteiger partial charge < -0.3 is 5.32 Å². The first-order valence-corrected chi connectivity index (χ1v) is 7.01. The van der Waals surface area contributed by atoms with Gasteiger partial charge in [-0.1, -0.05) is 47.0 Å². The van der Waals surface area contributed by atoms with Crippen LogP contribution in [0.1, 0.15) is 35.3 Å². The van der Waals surface area contributed by atoms with Crippen molar-refractivity contribution in [3.63, 3.8) is 0 Å². The molecule has 0 spiro atoms. The molecule has 0 heterocycles. The van der Waals surface area contributed by atoms with Gasteiger partial charge in [0.05, 0.1) is 0 Å². The molecule has 0 aliphatic heterocycles. The first kappa shape index (κ1) is 14.2. The number of hydrogen-bond acceptors (Lipinski definition) is 1. The van der Waals surface area contributed by atoms with Crippen LogP contribution in [0.2, 0.25) is 0 Å². The van der Waals surface area contributed by atoms with E-state index >= 15 is 0 Å². The molecule has 0 saturated heterocycles. The topological polar surface area (TPSA) is 29.1 Å². The van der Waals surface area contributed by atoms with Crippen LogP contribution in [0.15, 0.2) is 18.2 Å². The summed E-state index contributed by atoms with van der Waals surface area (Å²) in [5.41, 5.74) is 2.99. The zero-order valence-electron chi connectivity index (χ0n) is 10.9. The monoisotopic (exact) mass is 297 g/mol. The number of carbonyl (C=O) groups excluding carboxylic acids is 1. The summed E-state index contributed by atoms with van der Waals surface area (Å²) in [5.74, 6) is 0.430. The van der Waals surface area contributed by atoms with Crippen LogP contribution in [-0.4, -0.2) is 17.3 Å². The molecule has 0 saturated carbocycles. The van der Waals surface area contributed by atoms with Gasteiger partial charge in [0.15, 0.2) is 0 Å². The minimum Gasteiger partial charge on any atom is -0.348 e. The second kappa shape index (κ2) is 6.20. The molecule has 0 aliphatic carbocycles. The molecule has 0 aromatic heterocycles. The van der Waals surface area contributed by atoms with Crippen molar-refractivity contribution in [2.24, 2.45) is 5.92 Å². The summed E-state index contributed by atoms with van der Waals surface area (Å²) in [7, 11) is 0. The Morgan fingerprint density at radius 2 is 1.76 bits per heavy atom. The van der Waals surface area contributed by atoms with E-state index in [-0.39, 0.29) is 11.9 Å². The summed E-state index contributed by atoms with van der Waals surface area (Å²) in [4.78, 5) is 12.1. The number of amides is 1. The molecule has 3 heteroatoms. The van der Waals surface area contributed by atoms with Crippen LogP contribution in [0, 0.1) is 19.8 Å². The van der Waals surface area contributed by atoms with Crippen molar-refractivity contribution < 1.29 is 4.79 Å². The minimum absolute atomic E-state index is 0.00921. The van der Waals surface area contributed by atoms with E-state index in [1.165, 1.54) is 0 Å². The average Bonchev–Trinajstić information content (AvgIpc) is 2.23. The third-order valence-corrected chi connectivity index (χ3v) is 3.47. The van der Waals surface area contributed by atoms with Crippen molar-refractivity contribution in [3.8, 4) is 0 Å². The van der Waals surface area contributed by atoms with Crippen LogP contribution >= 0.6 is 15.9 Å². The number of hydrogen-bond donors (Lipinski definition) is 1. The Morgan fingerprint density at radius 1 is 1.24 bits per heavy atom. The van der Waals surface area contributed by atoms with Crippen molar-refractivity contribution in [3.05, 3.63) is 34.9 Å².